The highest BCUT2D eigenvalue weighted by atomic mass is 19.4. The lowest BCUT2D eigenvalue weighted by Gasteiger charge is -2.34. The summed E-state index contributed by atoms with van der Waals surface area (Å²) in [4.78, 5) is 31.7. The molecule has 0 bridgehead atoms. The number of fused-ring (bicyclic) bond motifs is 1. The topological polar surface area (TPSA) is 65.6 Å². The molecule has 4 rings (SSSR count). The number of amides is 2. The van der Waals surface area contributed by atoms with E-state index in [2.05, 4.69) is 9.72 Å². The van der Waals surface area contributed by atoms with Gasteiger partial charge in [0.15, 0.2) is 0 Å². The van der Waals surface area contributed by atoms with E-state index in [-0.39, 0.29) is 29.5 Å². The first-order chi connectivity index (χ1) is 15.8. The molecule has 0 radical (unpaired) electrons. The van der Waals surface area contributed by atoms with Crippen LogP contribution in [0.25, 0.3) is 17.0 Å². The lowest BCUT2D eigenvalue weighted by molar-refractivity contribution is -0.274. The van der Waals surface area contributed by atoms with E-state index in [1.807, 2.05) is 30.5 Å². The van der Waals surface area contributed by atoms with Gasteiger partial charge in [0.2, 0.25) is 11.8 Å². The molecule has 2 heterocycles. The highest BCUT2D eigenvalue weighted by Gasteiger charge is 2.31. The minimum atomic E-state index is -4.82. The van der Waals surface area contributed by atoms with E-state index < -0.39 is 6.36 Å². The molecule has 9 heteroatoms. The van der Waals surface area contributed by atoms with Gasteiger partial charge in [-0.25, -0.2) is 0 Å². The molecule has 1 aliphatic heterocycles. The van der Waals surface area contributed by atoms with E-state index in [9.17, 15) is 22.8 Å². The van der Waals surface area contributed by atoms with Crippen LogP contribution in [0.2, 0.25) is 0 Å². The Morgan fingerprint density at radius 3 is 2.39 bits per heavy atom. The summed E-state index contributed by atoms with van der Waals surface area (Å²) in [6.07, 6.45) is -0.176. The molecule has 1 saturated heterocycles. The maximum absolute atomic E-state index is 12.7. The van der Waals surface area contributed by atoms with E-state index >= 15 is 0 Å². The Bertz CT molecular complexity index is 1180. The second kappa shape index (κ2) is 9.40. The molecular formula is C24H22F3N3O3. The van der Waals surface area contributed by atoms with Crippen LogP contribution < -0.4 is 4.74 Å². The fourth-order valence-electron chi connectivity index (χ4n) is 3.83. The number of carbonyl (C=O) groups excluding carboxylic acids is 2. The summed E-state index contributed by atoms with van der Waals surface area (Å²) < 4.78 is 41.7. The average Bonchev–Trinajstić information content (AvgIpc) is 3.20. The predicted molar refractivity (Wildman–Crippen MR) is 117 cm³/mol. The molecule has 1 N–H and O–H groups in total. The minimum absolute atomic E-state index is 0.0133. The standard InChI is InChI=1S/C24H22F3N3O3/c25-24(26,27)33-21-8-4-1-5-17(21)9-10-22(31)29-11-13-30(14-12-29)23(32)15-18-16-28-20-7-3-2-6-19(18)20/h1-10,16,28H,11-15H2/b10-9+. The van der Waals surface area contributed by atoms with Crippen molar-refractivity contribution >= 4 is 28.8 Å². The third kappa shape index (κ3) is 5.54. The van der Waals surface area contributed by atoms with Gasteiger partial charge >= 0.3 is 6.36 Å². The molecule has 0 spiro atoms. The van der Waals surface area contributed by atoms with Crippen molar-refractivity contribution < 1.29 is 27.5 Å². The second-order valence-electron chi connectivity index (χ2n) is 7.66. The molecule has 172 valence electrons. The first-order valence-corrected chi connectivity index (χ1v) is 10.4. The molecule has 0 saturated carbocycles. The number of ether oxygens (including phenoxy) is 1. The number of nitrogens with zero attached hydrogens (tertiary/aromatic N) is 2. The number of halogens is 3. The lowest BCUT2D eigenvalue weighted by atomic mass is 10.1. The van der Waals surface area contributed by atoms with Gasteiger partial charge in [-0.15, -0.1) is 13.2 Å². The van der Waals surface area contributed by atoms with E-state index in [0.29, 0.717) is 26.2 Å². The van der Waals surface area contributed by atoms with Crippen LogP contribution in [0.15, 0.2) is 60.8 Å². The number of H-pyrrole nitrogens is 1. The summed E-state index contributed by atoms with van der Waals surface area (Å²) >= 11 is 0. The summed E-state index contributed by atoms with van der Waals surface area (Å²) in [6.45, 7) is 1.50. The number of alkyl halides is 3. The van der Waals surface area contributed by atoms with Gasteiger partial charge in [0.1, 0.15) is 5.75 Å². The van der Waals surface area contributed by atoms with E-state index in [1.165, 1.54) is 30.4 Å². The smallest absolute Gasteiger partial charge is 0.405 e. The SMILES string of the molecule is O=C(/C=C/c1ccccc1OC(F)(F)F)N1CCN(C(=O)Cc2c[nH]c3ccccc23)CC1. The number of piperazine rings is 1. The number of hydrogen-bond acceptors (Lipinski definition) is 3. The first-order valence-electron chi connectivity index (χ1n) is 10.4. The normalized spacial score (nSPS) is 14.8. The van der Waals surface area contributed by atoms with Gasteiger partial charge in [0, 0.05) is 54.9 Å². The largest absolute Gasteiger partial charge is 0.573 e. The number of carbonyl (C=O) groups is 2. The van der Waals surface area contributed by atoms with Crippen LogP contribution in [0.1, 0.15) is 11.1 Å². The van der Waals surface area contributed by atoms with Crippen LogP contribution >= 0.6 is 0 Å². The van der Waals surface area contributed by atoms with Crippen LogP contribution in [0, 0.1) is 0 Å². The third-order valence-corrected chi connectivity index (χ3v) is 5.51. The van der Waals surface area contributed by atoms with Crippen molar-refractivity contribution in [2.45, 2.75) is 12.8 Å². The molecule has 2 amide bonds. The molecular weight excluding hydrogens is 435 g/mol. The molecule has 1 aromatic heterocycles. The van der Waals surface area contributed by atoms with Crippen LogP contribution in [0.4, 0.5) is 13.2 Å². The first kappa shape index (κ1) is 22.4. The monoisotopic (exact) mass is 457 g/mol. The molecule has 0 aliphatic carbocycles. The number of aromatic nitrogens is 1. The van der Waals surface area contributed by atoms with Gasteiger partial charge in [-0.3, -0.25) is 9.59 Å². The third-order valence-electron chi connectivity index (χ3n) is 5.51. The summed E-state index contributed by atoms with van der Waals surface area (Å²) in [5.41, 5.74) is 2.05. The minimum Gasteiger partial charge on any atom is -0.405 e. The van der Waals surface area contributed by atoms with Crippen LogP contribution in [-0.2, 0) is 16.0 Å². The Morgan fingerprint density at radius 1 is 0.970 bits per heavy atom. The van der Waals surface area contributed by atoms with E-state index in [1.54, 1.807) is 15.9 Å². The number of rotatable bonds is 5. The molecule has 33 heavy (non-hydrogen) atoms. The fraction of sp³-hybridized carbons (Fsp3) is 0.250. The Balaban J connectivity index is 1.32. The molecule has 1 fully saturated rings. The Morgan fingerprint density at radius 2 is 1.64 bits per heavy atom. The summed E-state index contributed by atoms with van der Waals surface area (Å²) in [6, 6.07) is 13.4. The molecule has 3 aromatic rings. The van der Waals surface area contributed by atoms with Gasteiger partial charge in [-0.05, 0) is 23.8 Å². The van der Waals surface area contributed by atoms with Gasteiger partial charge in [0.05, 0.1) is 6.42 Å². The highest BCUT2D eigenvalue weighted by Crippen LogP contribution is 2.27. The number of nitrogens with one attached hydrogen (secondary N) is 1. The molecule has 0 atom stereocenters. The number of hydrogen-bond donors (Lipinski definition) is 1. The molecule has 2 aromatic carbocycles. The quantitative estimate of drug-likeness (QED) is 0.590. The van der Waals surface area contributed by atoms with Crippen LogP contribution in [0.5, 0.6) is 5.75 Å². The highest BCUT2D eigenvalue weighted by molar-refractivity contribution is 5.92. The van der Waals surface area contributed by atoms with Gasteiger partial charge in [0.25, 0.3) is 0 Å². The zero-order valence-corrected chi connectivity index (χ0v) is 17.6. The van der Waals surface area contributed by atoms with Crippen molar-refractivity contribution in [3.05, 3.63) is 71.9 Å². The number of benzene rings is 2. The maximum Gasteiger partial charge on any atom is 0.573 e. The maximum atomic E-state index is 12.7. The predicted octanol–water partition coefficient (Wildman–Crippen LogP) is 3.99. The van der Waals surface area contributed by atoms with Crippen molar-refractivity contribution in [3.8, 4) is 5.75 Å². The Kier molecular flexibility index (Phi) is 6.39. The van der Waals surface area contributed by atoms with Crippen LogP contribution in [-0.4, -0.2) is 59.1 Å². The Hall–Kier alpha value is -3.75. The zero-order valence-electron chi connectivity index (χ0n) is 17.6. The van der Waals surface area contributed by atoms with Crippen LogP contribution in [0.3, 0.4) is 0 Å². The van der Waals surface area contributed by atoms with Crippen molar-refractivity contribution in [3.63, 3.8) is 0 Å². The zero-order chi connectivity index (χ0) is 23.4. The molecule has 0 unspecified atom stereocenters. The van der Waals surface area contributed by atoms with Crippen molar-refractivity contribution in [1.82, 2.24) is 14.8 Å². The lowest BCUT2D eigenvalue weighted by Crippen LogP contribution is -2.50. The molecule has 1 aliphatic rings. The van der Waals surface area contributed by atoms with Crippen molar-refractivity contribution in [2.24, 2.45) is 0 Å². The Labute approximate surface area is 188 Å². The fourth-order valence-corrected chi connectivity index (χ4v) is 3.83. The van der Waals surface area contributed by atoms with Gasteiger partial charge in [-0.1, -0.05) is 36.4 Å². The number of aromatic amines is 1. The second-order valence-corrected chi connectivity index (χ2v) is 7.66. The van der Waals surface area contributed by atoms with Gasteiger partial charge in [-0.2, -0.15) is 0 Å². The summed E-state index contributed by atoms with van der Waals surface area (Å²) in [5, 5.41) is 1.01. The summed E-state index contributed by atoms with van der Waals surface area (Å²) in [7, 11) is 0. The van der Waals surface area contributed by atoms with Gasteiger partial charge < -0.3 is 19.5 Å². The average molecular weight is 457 g/mol. The van der Waals surface area contributed by atoms with E-state index in [0.717, 1.165) is 16.5 Å². The van der Waals surface area contributed by atoms with Crippen molar-refractivity contribution in [1.29, 1.82) is 0 Å². The number of para-hydroxylation sites is 2. The molecule has 6 nitrogen and oxygen atoms in total. The summed E-state index contributed by atoms with van der Waals surface area (Å²) in [5.74, 6) is -0.720. The van der Waals surface area contributed by atoms with E-state index in [4.69, 9.17) is 0 Å². The van der Waals surface area contributed by atoms with Crippen molar-refractivity contribution in [2.75, 3.05) is 26.2 Å².